The lowest BCUT2D eigenvalue weighted by molar-refractivity contribution is 0.217. The normalized spacial score (nSPS) is 16.0. The van der Waals surface area contributed by atoms with E-state index in [2.05, 4.69) is 35.6 Å². The standard InChI is InChI=1S/C21H36N4O2/c1-5-24(6-2)13-14-27-19-8-7-18(15-20(19)26-4)16-23-21(22)25-11-9-17(3)10-12-25/h7-8,15,17H,5-6,9-14,16H2,1-4H3,(H2,22,23). The van der Waals surface area contributed by atoms with E-state index >= 15 is 0 Å². The molecule has 2 N–H and O–H groups in total. The molecular weight excluding hydrogens is 340 g/mol. The molecule has 0 spiro atoms. The summed E-state index contributed by atoms with van der Waals surface area (Å²) in [5.74, 6) is 2.94. The third-order valence-electron chi connectivity index (χ3n) is 5.32. The lowest BCUT2D eigenvalue weighted by Gasteiger charge is -2.31. The SMILES string of the molecule is CCN(CC)CCOc1ccc(CN=C(N)N2CCC(C)CC2)cc1OC. The van der Waals surface area contributed by atoms with Gasteiger partial charge in [0.05, 0.1) is 13.7 Å². The van der Waals surface area contributed by atoms with Crippen molar-refractivity contribution >= 4 is 5.96 Å². The largest absolute Gasteiger partial charge is 0.493 e. The van der Waals surface area contributed by atoms with Gasteiger partial charge in [0.2, 0.25) is 0 Å². The first-order chi connectivity index (χ1) is 13.1. The molecule has 0 atom stereocenters. The maximum Gasteiger partial charge on any atom is 0.191 e. The van der Waals surface area contributed by atoms with Gasteiger partial charge in [-0.15, -0.1) is 0 Å². The molecule has 1 aromatic rings. The van der Waals surface area contributed by atoms with Gasteiger partial charge < -0.3 is 25.0 Å². The van der Waals surface area contributed by atoms with Crippen molar-refractivity contribution in [2.24, 2.45) is 16.6 Å². The quantitative estimate of drug-likeness (QED) is 0.530. The fourth-order valence-corrected chi connectivity index (χ4v) is 3.26. The maximum atomic E-state index is 6.18. The number of ether oxygens (including phenoxy) is 2. The monoisotopic (exact) mass is 376 g/mol. The first-order valence-electron chi connectivity index (χ1n) is 10.1. The zero-order valence-electron chi connectivity index (χ0n) is 17.4. The molecule has 0 bridgehead atoms. The van der Waals surface area contributed by atoms with Crippen LogP contribution in [0.4, 0.5) is 0 Å². The van der Waals surface area contributed by atoms with Crippen LogP contribution in [0, 0.1) is 5.92 Å². The second-order valence-corrected chi connectivity index (χ2v) is 7.20. The molecule has 0 aromatic heterocycles. The zero-order valence-corrected chi connectivity index (χ0v) is 17.4. The first-order valence-corrected chi connectivity index (χ1v) is 10.1. The predicted octanol–water partition coefficient (Wildman–Crippen LogP) is 2.96. The number of nitrogens with two attached hydrogens (primary N) is 1. The average Bonchev–Trinajstić information content (AvgIpc) is 2.70. The molecule has 0 saturated carbocycles. The van der Waals surface area contributed by atoms with Crippen molar-refractivity contribution in [1.29, 1.82) is 0 Å². The molecule has 1 aliphatic rings. The summed E-state index contributed by atoms with van der Waals surface area (Å²) in [6.45, 7) is 12.8. The van der Waals surface area contributed by atoms with Crippen LogP contribution in [0.5, 0.6) is 11.5 Å². The Morgan fingerprint density at radius 2 is 1.93 bits per heavy atom. The number of hydrogen-bond acceptors (Lipinski definition) is 4. The van der Waals surface area contributed by atoms with E-state index in [-0.39, 0.29) is 0 Å². The molecular formula is C21H36N4O2. The number of likely N-dealkylation sites (tertiary alicyclic amines) is 1. The Morgan fingerprint density at radius 1 is 1.22 bits per heavy atom. The fraction of sp³-hybridized carbons (Fsp3) is 0.667. The van der Waals surface area contributed by atoms with Crippen LogP contribution in [-0.2, 0) is 6.54 Å². The van der Waals surface area contributed by atoms with Crippen LogP contribution in [0.15, 0.2) is 23.2 Å². The fourth-order valence-electron chi connectivity index (χ4n) is 3.26. The maximum absolute atomic E-state index is 6.18. The van der Waals surface area contributed by atoms with Crippen LogP contribution in [0.25, 0.3) is 0 Å². The summed E-state index contributed by atoms with van der Waals surface area (Å²) in [6, 6.07) is 5.98. The Kier molecular flexibility index (Phi) is 8.72. The lowest BCUT2D eigenvalue weighted by atomic mass is 10.00. The summed E-state index contributed by atoms with van der Waals surface area (Å²) in [5, 5.41) is 0. The minimum Gasteiger partial charge on any atom is -0.493 e. The summed E-state index contributed by atoms with van der Waals surface area (Å²) < 4.78 is 11.4. The third-order valence-corrected chi connectivity index (χ3v) is 5.32. The summed E-state index contributed by atoms with van der Waals surface area (Å²) in [4.78, 5) is 9.09. The van der Waals surface area contributed by atoms with Crippen LogP contribution in [0.1, 0.15) is 39.2 Å². The Morgan fingerprint density at radius 3 is 2.56 bits per heavy atom. The van der Waals surface area contributed by atoms with Gasteiger partial charge >= 0.3 is 0 Å². The Labute approximate surface area is 164 Å². The molecule has 152 valence electrons. The second-order valence-electron chi connectivity index (χ2n) is 7.20. The molecule has 0 amide bonds. The van der Waals surface area contributed by atoms with Crippen molar-refractivity contribution in [3.8, 4) is 11.5 Å². The molecule has 1 aliphatic heterocycles. The number of benzene rings is 1. The Hall–Kier alpha value is -1.95. The van der Waals surface area contributed by atoms with Crippen molar-refractivity contribution < 1.29 is 9.47 Å². The number of guanidine groups is 1. The predicted molar refractivity (Wildman–Crippen MR) is 112 cm³/mol. The second kappa shape index (κ2) is 11.0. The highest BCUT2D eigenvalue weighted by molar-refractivity contribution is 5.78. The minimum atomic E-state index is 0.550. The molecule has 27 heavy (non-hydrogen) atoms. The number of rotatable bonds is 9. The van der Waals surface area contributed by atoms with Gasteiger partial charge in [0, 0.05) is 19.6 Å². The Balaban J connectivity index is 1.91. The van der Waals surface area contributed by atoms with Gasteiger partial charge in [-0.3, -0.25) is 0 Å². The summed E-state index contributed by atoms with van der Waals surface area (Å²) in [7, 11) is 1.67. The summed E-state index contributed by atoms with van der Waals surface area (Å²) in [6.07, 6.45) is 2.37. The van der Waals surface area contributed by atoms with Gasteiger partial charge in [0.15, 0.2) is 17.5 Å². The highest BCUT2D eigenvalue weighted by atomic mass is 16.5. The van der Waals surface area contributed by atoms with E-state index in [9.17, 15) is 0 Å². The van der Waals surface area contributed by atoms with E-state index in [0.717, 1.165) is 55.7 Å². The van der Waals surface area contributed by atoms with E-state index in [0.29, 0.717) is 19.1 Å². The van der Waals surface area contributed by atoms with Crippen molar-refractivity contribution in [2.45, 2.75) is 40.2 Å². The summed E-state index contributed by atoms with van der Waals surface area (Å²) >= 11 is 0. The smallest absolute Gasteiger partial charge is 0.191 e. The van der Waals surface area contributed by atoms with Crippen LogP contribution in [0.3, 0.4) is 0 Å². The number of likely N-dealkylation sites (N-methyl/N-ethyl adjacent to an activating group) is 1. The van der Waals surface area contributed by atoms with Crippen LogP contribution >= 0.6 is 0 Å². The molecule has 0 unspecified atom stereocenters. The molecule has 6 heteroatoms. The topological polar surface area (TPSA) is 63.3 Å². The van der Waals surface area contributed by atoms with Crippen molar-refractivity contribution in [1.82, 2.24) is 9.80 Å². The molecule has 6 nitrogen and oxygen atoms in total. The highest BCUT2D eigenvalue weighted by Gasteiger charge is 2.17. The van der Waals surface area contributed by atoms with Gasteiger partial charge in [-0.1, -0.05) is 26.8 Å². The number of nitrogens with zero attached hydrogens (tertiary/aromatic N) is 3. The molecule has 0 radical (unpaired) electrons. The molecule has 1 aromatic carbocycles. The third kappa shape index (κ3) is 6.61. The number of hydrogen-bond donors (Lipinski definition) is 1. The van der Waals surface area contributed by atoms with E-state index in [4.69, 9.17) is 15.2 Å². The van der Waals surface area contributed by atoms with Gasteiger partial charge in [-0.25, -0.2) is 4.99 Å². The number of aliphatic imine (C=N–C) groups is 1. The first kappa shape index (κ1) is 21.4. The minimum absolute atomic E-state index is 0.550. The average molecular weight is 377 g/mol. The molecule has 1 fully saturated rings. The molecule has 1 saturated heterocycles. The van der Waals surface area contributed by atoms with Gasteiger partial charge in [0.25, 0.3) is 0 Å². The van der Waals surface area contributed by atoms with E-state index < -0.39 is 0 Å². The van der Waals surface area contributed by atoms with E-state index in [1.807, 2.05) is 18.2 Å². The van der Waals surface area contributed by atoms with Gasteiger partial charge in [-0.2, -0.15) is 0 Å². The lowest BCUT2D eigenvalue weighted by Crippen LogP contribution is -2.42. The van der Waals surface area contributed by atoms with Crippen molar-refractivity contribution in [3.05, 3.63) is 23.8 Å². The molecule has 1 heterocycles. The molecule has 0 aliphatic carbocycles. The van der Waals surface area contributed by atoms with Crippen molar-refractivity contribution in [2.75, 3.05) is 46.4 Å². The Bertz CT molecular complexity index is 594. The van der Waals surface area contributed by atoms with Crippen LogP contribution < -0.4 is 15.2 Å². The highest BCUT2D eigenvalue weighted by Crippen LogP contribution is 2.28. The van der Waals surface area contributed by atoms with Crippen LogP contribution in [-0.4, -0.2) is 62.2 Å². The van der Waals surface area contributed by atoms with Crippen molar-refractivity contribution in [3.63, 3.8) is 0 Å². The zero-order chi connectivity index (χ0) is 19.6. The summed E-state index contributed by atoms with van der Waals surface area (Å²) in [5.41, 5.74) is 7.24. The van der Waals surface area contributed by atoms with Gasteiger partial charge in [0.1, 0.15) is 6.61 Å². The number of methoxy groups -OCH3 is 1. The van der Waals surface area contributed by atoms with Crippen LogP contribution in [0.2, 0.25) is 0 Å². The van der Waals surface area contributed by atoms with E-state index in [1.54, 1.807) is 7.11 Å². The van der Waals surface area contributed by atoms with E-state index in [1.165, 1.54) is 12.8 Å². The van der Waals surface area contributed by atoms with Gasteiger partial charge in [-0.05, 0) is 49.5 Å². The number of piperidine rings is 1. The molecule has 2 rings (SSSR count).